The van der Waals surface area contributed by atoms with Crippen LogP contribution in [0.4, 0.5) is 0 Å². The molecule has 0 aromatic rings. The Morgan fingerprint density at radius 2 is 1.67 bits per heavy atom. The first-order valence-electron chi connectivity index (χ1n) is 7.00. The molecule has 0 aliphatic heterocycles. The molecule has 0 nitrogen and oxygen atoms in total. The van der Waals surface area contributed by atoms with E-state index in [1.54, 1.807) is 0 Å². The van der Waals surface area contributed by atoms with Crippen molar-refractivity contribution in [1.82, 2.24) is 0 Å². The summed E-state index contributed by atoms with van der Waals surface area (Å²) in [5.41, 5.74) is 0.656. The average molecular weight is 208 g/mol. The highest BCUT2D eigenvalue weighted by Crippen LogP contribution is 2.57. The molecule has 0 unspecified atom stereocenters. The molecule has 0 saturated heterocycles. The van der Waals surface area contributed by atoms with Crippen LogP contribution in [-0.4, -0.2) is 0 Å². The molecule has 2 rings (SSSR count). The Kier molecular flexibility index (Phi) is 3.14. The van der Waals surface area contributed by atoms with Crippen molar-refractivity contribution >= 4 is 0 Å². The Bertz CT molecular complexity index is 216. The summed E-state index contributed by atoms with van der Waals surface area (Å²) in [4.78, 5) is 0. The van der Waals surface area contributed by atoms with Gasteiger partial charge >= 0.3 is 0 Å². The van der Waals surface area contributed by atoms with Gasteiger partial charge in [-0.1, -0.05) is 53.4 Å². The second kappa shape index (κ2) is 4.11. The molecule has 0 N–H and O–H groups in total. The number of hydrogen-bond acceptors (Lipinski definition) is 0. The highest BCUT2D eigenvalue weighted by atomic mass is 14.5. The molecule has 2 saturated carbocycles. The van der Waals surface area contributed by atoms with E-state index in [0.29, 0.717) is 5.41 Å². The van der Waals surface area contributed by atoms with Crippen molar-refractivity contribution in [1.29, 1.82) is 0 Å². The fraction of sp³-hybridized carbons (Fsp3) is 1.00. The molecule has 0 heterocycles. The fourth-order valence-corrected chi connectivity index (χ4v) is 4.13. The first-order chi connectivity index (χ1) is 7.00. The molecule has 2 aliphatic rings. The van der Waals surface area contributed by atoms with Crippen LogP contribution in [0.15, 0.2) is 0 Å². The van der Waals surface area contributed by atoms with Gasteiger partial charge in [0.1, 0.15) is 0 Å². The number of rotatable bonds is 0. The van der Waals surface area contributed by atoms with E-state index in [-0.39, 0.29) is 0 Å². The smallest absolute Gasteiger partial charge is 0.0320 e. The third kappa shape index (κ3) is 2.24. The predicted molar refractivity (Wildman–Crippen MR) is 66.8 cm³/mol. The first-order valence-corrected chi connectivity index (χ1v) is 7.00. The Balaban J connectivity index is 2.03. The maximum Gasteiger partial charge on any atom is -0.0320 e. The Hall–Kier alpha value is 0. The van der Waals surface area contributed by atoms with Crippen LogP contribution in [0.1, 0.15) is 66.2 Å². The van der Waals surface area contributed by atoms with Gasteiger partial charge in [-0.25, -0.2) is 0 Å². The molecule has 0 aromatic carbocycles. The van der Waals surface area contributed by atoms with E-state index in [2.05, 4.69) is 27.7 Å². The molecule has 2 fully saturated rings. The minimum Gasteiger partial charge on any atom is -0.0625 e. The Morgan fingerprint density at radius 1 is 0.933 bits per heavy atom. The molecule has 0 heteroatoms. The molecule has 0 spiro atoms. The quantitative estimate of drug-likeness (QED) is 0.532. The van der Waals surface area contributed by atoms with E-state index in [9.17, 15) is 0 Å². The summed E-state index contributed by atoms with van der Waals surface area (Å²) >= 11 is 0. The van der Waals surface area contributed by atoms with Crippen molar-refractivity contribution < 1.29 is 0 Å². The van der Waals surface area contributed by atoms with Crippen LogP contribution in [0.3, 0.4) is 0 Å². The Labute approximate surface area is 95.8 Å². The summed E-state index contributed by atoms with van der Waals surface area (Å²) in [6, 6.07) is 0. The Morgan fingerprint density at radius 3 is 2.33 bits per heavy atom. The van der Waals surface area contributed by atoms with Crippen molar-refractivity contribution in [2.45, 2.75) is 66.2 Å². The van der Waals surface area contributed by atoms with Crippen molar-refractivity contribution in [3.63, 3.8) is 0 Å². The normalized spacial score (nSPS) is 45.6. The fourth-order valence-electron chi connectivity index (χ4n) is 4.13. The molecule has 0 bridgehead atoms. The van der Waals surface area contributed by atoms with Gasteiger partial charge in [0.25, 0.3) is 0 Å². The van der Waals surface area contributed by atoms with Gasteiger partial charge < -0.3 is 0 Å². The first kappa shape index (κ1) is 11.5. The van der Waals surface area contributed by atoms with E-state index >= 15 is 0 Å². The van der Waals surface area contributed by atoms with Gasteiger partial charge in [-0.2, -0.15) is 0 Å². The van der Waals surface area contributed by atoms with Gasteiger partial charge in [-0.05, 0) is 41.9 Å². The molecule has 0 radical (unpaired) electrons. The van der Waals surface area contributed by atoms with Gasteiger partial charge in [0.15, 0.2) is 0 Å². The number of hydrogen-bond donors (Lipinski definition) is 0. The minimum atomic E-state index is 0.656. The lowest BCUT2D eigenvalue weighted by molar-refractivity contribution is -0.0497. The van der Waals surface area contributed by atoms with E-state index in [4.69, 9.17) is 0 Å². The predicted octanol–water partition coefficient (Wildman–Crippen LogP) is 4.89. The lowest BCUT2D eigenvalue weighted by atomic mass is 9.51. The van der Waals surface area contributed by atoms with Crippen LogP contribution in [-0.2, 0) is 0 Å². The molecular formula is C15H28. The molecule has 88 valence electrons. The van der Waals surface area contributed by atoms with Crippen LogP contribution < -0.4 is 0 Å². The van der Waals surface area contributed by atoms with Crippen LogP contribution >= 0.6 is 0 Å². The van der Waals surface area contributed by atoms with E-state index < -0.39 is 0 Å². The van der Waals surface area contributed by atoms with Crippen molar-refractivity contribution in [3.05, 3.63) is 0 Å². The van der Waals surface area contributed by atoms with E-state index in [0.717, 1.165) is 23.7 Å². The average Bonchev–Trinajstić information content (AvgIpc) is 2.18. The summed E-state index contributed by atoms with van der Waals surface area (Å²) in [6.45, 7) is 9.94. The highest BCUT2D eigenvalue weighted by Gasteiger charge is 2.48. The third-order valence-electron chi connectivity index (χ3n) is 5.34. The van der Waals surface area contributed by atoms with E-state index in [1.165, 1.54) is 38.5 Å². The topological polar surface area (TPSA) is 0 Å². The largest absolute Gasteiger partial charge is 0.0625 e. The van der Waals surface area contributed by atoms with Gasteiger partial charge in [0.05, 0.1) is 0 Å². The summed E-state index contributed by atoms with van der Waals surface area (Å²) in [7, 11) is 0. The zero-order chi connectivity index (χ0) is 11.1. The second-order valence-electron chi connectivity index (χ2n) is 7.05. The molecule has 0 aromatic heterocycles. The number of fused-ring (bicyclic) bond motifs is 1. The van der Waals surface area contributed by atoms with Gasteiger partial charge in [-0.15, -0.1) is 0 Å². The summed E-state index contributed by atoms with van der Waals surface area (Å²) in [5.74, 6) is 4.07. The monoisotopic (exact) mass is 208 g/mol. The van der Waals surface area contributed by atoms with Crippen molar-refractivity contribution in [3.8, 4) is 0 Å². The van der Waals surface area contributed by atoms with Crippen molar-refractivity contribution in [2.24, 2.45) is 29.1 Å². The zero-order valence-electron chi connectivity index (χ0n) is 11.1. The second-order valence-corrected chi connectivity index (χ2v) is 7.05. The lowest BCUT2D eigenvalue weighted by Crippen LogP contribution is -2.46. The van der Waals surface area contributed by atoms with Gasteiger partial charge in [-0.3, -0.25) is 0 Å². The standard InChI is InChI=1S/C15H28/c1-11-6-5-7-12(2)13-10-15(3,4)14(13)9-8-11/h11-14H,5-10H2,1-4H3/t11-,12-,13-,14-/m1/s1. The summed E-state index contributed by atoms with van der Waals surface area (Å²) < 4.78 is 0. The van der Waals surface area contributed by atoms with Gasteiger partial charge in [0, 0.05) is 0 Å². The summed E-state index contributed by atoms with van der Waals surface area (Å²) in [5, 5.41) is 0. The lowest BCUT2D eigenvalue weighted by Gasteiger charge is -2.54. The SMILES string of the molecule is C[C@@H]1CCC[C@@H](C)[C@H]2CC(C)(C)[C@@H]2CC1. The van der Waals surface area contributed by atoms with E-state index in [1.807, 2.05) is 0 Å². The minimum absolute atomic E-state index is 0.656. The van der Waals surface area contributed by atoms with Crippen LogP contribution in [0.25, 0.3) is 0 Å². The van der Waals surface area contributed by atoms with Crippen molar-refractivity contribution in [2.75, 3.05) is 0 Å². The zero-order valence-corrected chi connectivity index (χ0v) is 11.1. The third-order valence-corrected chi connectivity index (χ3v) is 5.34. The van der Waals surface area contributed by atoms with Crippen LogP contribution in [0.5, 0.6) is 0 Å². The highest BCUT2D eigenvalue weighted by molar-refractivity contribution is 4.97. The maximum atomic E-state index is 2.50. The van der Waals surface area contributed by atoms with Gasteiger partial charge in [0.2, 0.25) is 0 Å². The molecule has 4 atom stereocenters. The molecule has 0 amide bonds. The molecule has 15 heavy (non-hydrogen) atoms. The van der Waals surface area contributed by atoms with Crippen LogP contribution in [0, 0.1) is 29.1 Å². The molecule has 2 aliphatic carbocycles. The van der Waals surface area contributed by atoms with Crippen LogP contribution in [0.2, 0.25) is 0 Å². The summed E-state index contributed by atoms with van der Waals surface area (Å²) in [6.07, 6.45) is 8.92. The molecular weight excluding hydrogens is 180 g/mol. The maximum absolute atomic E-state index is 2.50.